The molecule has 0 aromatic heterocycles. The van der Waals surface area contributed by atoms with Gasteiger partial charge >= 0.3 is 0 Å². The summed E-state index contributed by atoms with van der Waals surface area (Å²) in [7, 11) is 0. The molecule has 2 rings (SSSR count). The van der Waals surface area contributed by atoms with E-state index in [-0.39, 0.29) is 23.7 Å². The number of amides is 1. The number of hydrogen-bond acceptors (Lipinski definition) is 2. The zero-order valence-corrected chi connectivity index (χ0v) is 10.8. The molecule has 1 fully saturated rings. The summed E-state index contributed by atoms with van der Waals surface area (Å²) in [4.78, 5) is 12.0. The summed E-state index contributed by atoms with van der Waals surface area (Å²) in [5.74, 6) is 0.154. The lowest BCUT2D eigenvalue weighted by Gasteiger charge is -2.21. The maximum atomic E-state index is 12.0. The first-order valence-corrected chi connectivity index (χ1v) is 5.74. The summed E-state index contributed by atoms with van der Waals surface area (Å²) >= 11 is 0. The van der Waals surface area contributed by atoms with Gasteiger partial charge in [0.25, 0.3) is 0 Å². The lowest BCUT2D eigenvalue weighted by molar-refractivity contribution is -0.129. The van der Waals surface area contributed by atoms with Gasteiger partial charge in [-0.3, -0.25) is 4.79 Å². The fourth-order valence-electron chi connectivity index (χ4n) is 2.00. The predicted molar refractivity (Wildman–Crippen MR) is 71.1 cm³/mol. The second kappa shape index (κ2) is 6.03. The molecule has 0 bridgehead atoms. The summed E-state index contributed by atoms with van der Waals surface area (Å²) in [5, 5.41) is 6.23. The number of benzene rings is 1. The number of rotatable bonds is 3. The van der Waals surface area contributed by atoms with Gasteiger partial charge in [-0.25, -0.2) is 0 Å². The SMILES string of the molecule is CC1(C(=O)NCc2ccccc2)CCNC1.Cl. The number of halogens is 1. The molecule has 1 atom stereocenters. The zero-order valence-electron chi connectivity index (χ0n) is 10.0. The predicted octanol–water partition coefficient (Wildman–Crippen LogP) is 1.72. The van der Waals surface area contributed by atoms with E-state index in [0.717, 1.165) is 25.1 Å². The first-order chi connectivity index (χ1) is 7.71. The summed E-state index contributed by atoms with van der Waals surface area (Å²) in [5.41, 5.74) is 0.916. The van der Waals surface area contributed by atoms with Crippen LogP contribution in [0.2, 0.25) is 0 Å². The van der Waals surface area contributed by atoms with Crippen LogP contribution in [0.3, 0.4) is 0 Å². The van der Waals surface area contributed by atoms with Gasteiger partial charge in [-0.15, -0.1) is 12.4 Å². The Balaban J connectivity index is 0.00000144. The van der Waals surface area contributed by atoms with Gasteiger partial charge in [0.1, 0.15) is 0 Å². The van der Waals surface area contributed by atoms with Crippen LogP contribution in [-0.4, -0.2) is 19.0 Å². The van der Waals surface area contributed by atoms with Gasteiger partial charge < -0.3 is 10.6 Å². The molecule has 1 saturated heterocycles. The van der Waals surface area contributed by atoms with Crippen LogP contribution in [0.5, 0.6) is 0 Å². The molecule has 3 nitrogen and oxygen atoms in total. The molecule has 1 amide bonds. The van der Waals surface area contributed by atoms with Crippen molar-refractivity contribution in [3.63, 3.8) is 0 Å². The molecule has 4 heteroatoms. The van der Waals surface area contributed by atoms with Crippen molar-refractivity contribution in [1.82, 2.24) is 10.6 Å². The van der Waals surface area contributed by atoms with Gasteiger partial charge in [0.15, 0.2) is 0 Å². The van der Waals surface area contributed by atoms with E-state index >= 15 is 0 Å². The minimum absolute atomic E-state index is 0. The van der Waals surface area contributed by atoms with Crippen molar-refractivity contribution in [3.05, 3.63) is 35.9 Å². The molecule has 0 aliphatic carbocycles. The first kappa shape index (κ1) is 14.0. The van der Waals surface area contributed by atoms with Crippen LogP contribution in [0.15, 0.2) is 30.3 Å². The topological polar surface area (TPSA) is 41.1 Å². The molecular weight excluding hydrogens is 236 g/mol. The molecule has 94 valence electrons. The zero-order chi connectivity index (χ0) is 11.4. The van der Waals surface area contributed by atoms with Crippen LogP contribution < -0.4 is 10.6 Å². The molecule has 0 radical (unpaired) electrons. The summed E-state index contributed by atoms with van der Waals surface area (Å²) in [6.45, 7) is 4.37. The minimum Gasteiger partial charge on any atom is -0.352 e. The van der Waals surface area contributed by atoms with Crippen LogP contribution >= 0.6 is 12.4 Å². The van der Waals surface area contributed by atoms with Crippen molar-refractivity contribution in [2.75, 3.05) is 13.1 Å². The fraction of sp³-hybridized carbons (Fsp3) is 0.462. The van der Waals surface area contributed by atoms with Crippen molar-refractivity contribution in [2.24, 2.45) is 5.41 Å². The quantitative estimate of drug-likeness (QED) is 0.863. The van der Waals surface area contributed by atoms with Crippen LogP contribution in [-0.2, 0) is 11.3 Å². The van der Waals surface area contributed by atoms with Crippen molar-refractivity contribution in [1.29, 1.82) is 0 Å². The molecule has 2 N–H and O–H groups in total. The average Bonchev–Trinajstić information content (AvgIpc) is 2.76. The van der Waals surface area contributed by atoms with Gasteiger partial charge in [-0.05, 0) is 25.5 Å². The fourth-order valence-corrected chi connectivity index (χ4v) is 2.00. The summed E-state index contributed by atoms with van der Waals surface area (Å²) in [6, 6.07) is 10.00. The van der Waals surface area contributed by atoms with Gasteiger partial charge in [0, 0.05) is 13.1 Å². The number of carbonyl (C=O) groups is 1. The number of hydrogen-bond donors (Lipinski definition) is 2. The Hall–Kier alpha value is -1.06. The van der Waals surface area contributed by atoms with Crippen LogP contribution in [0.4, 0.5) is 0 Å². The number of nitrogens with one attached hydrogen (secondary N) is 2. The average molecular weight is 255 g/mol. The maximum Gasteiger partial charge on any atom is 0.227 e. The lowest BCUT2D eigenvalue weighted by Crippen LogP contribution is -2.39. The Labute approximate surface area is 108 Å². The Morgan fingerprint density at radius 3 is 2.71 bits per heavy atom. The van der Waals surface area contributed by atoms with Crippen LogP contribution in [0, 0.1) is 5.41 Å². The highest BCUT2D eigenvalue weighted by Crippen LogP contribution is 2.24. The highest BCUT2D eigenvalue weighted by molar-refractivity contribution is 5.85. The summed E-state index contributed by atoms with van der Waals surface area (Å²) < 4.78 is 0. The second-order valence-electron chi connectivity index (χ2n) is 4.66. The molecule has 17 heavy (non-hydrogen) atoms. The van der Waals surface area contributed by atoms with Gasteiger partial charge in [0.2, 0.25) is 5.91 Å². The van der Waals surface area contributed by atoms with Crippen LogP contribution in [0.1, 0.15) is 18.9 Å². The van der Waals surface area contributed by atoms with E-state index in [1.807, 2.05) is 37.3 Å². The van der Waals surface area contributed by atoms with Crippen molar-refractivity contribution in [2.45, 2.75) is 19.9 Å². The summed E-state index contributed by atoms with van der Waals surface area (Å²) in [6.07, 6.45) is 0.924. The smallest absolute Gasteiger partial charge is 0.227 e. The third-order valence-electron chi connectivity index (χ3n) is 3.21. The molecular formula is C13H19ClN2O. The van der Waals surface area contributed by atoms with E-state index in [0.29, 0.717) is 6.54 Å². The van der Waals surface area contributed by atoms with Gasteiger partial charge in [-0.1, -0.05) is 30.3 Å². The second-order valence-corrected chi connectivity index (χ2v) is 4.66. The van der Waals surface area contributed by atoms with Crippen molar-refractivity contribution < 1.29 is 4.79 Å². The Morgan fingerprint density at radius 1 is 1.41 bits per heavy atom. The molecule has 1 unspecified atom stereocenters. The largest absolute Gasteiger partial charge is 0.352 e. The molecule has 1 heterocycles. The van der Waals surface area contributed by atoms with Gasteiger partial charge in [0.05, 0.1) is 5.41 Å². The van der Waals surface area contributed by atoms with Gasteiger partial charge in [-0.2, -0.15) is 0 Å². The lowest BCUT2D eigenvalue weighted by atomic mass is 9.89. The third-order valence-corrected chi connectivity index (χ3v) is 3.21. The van der Waals surface area contributed by atoms with E-state index in [9.17, 15) is 4.79 Å². The Kier molecular flexibility index (Phi) is 4.97. The van der Waals surface area contributed by atoms with E-state index in [4.69, 9.17) is 0 Å². The van der Waals surface area contributed by atoms with E-state index in [1.54, 1.807) is 0 Å². The number of carbonyl (C=O) groups excluding carboxylic acids is 1. The molecule has 0 saturated carbocycles. The molecule has 1 aliphatic heterocycles. The van der Waals surface area contributed by atoms with Crippen molar-refractivity contribution in [3.8, 4) is 0 Å². The molecule has 0 spiro atoms. The normalized spacial score (nSPS) is 22.9. The highest BCUT2D eigenvalue weighted by Gasteiger charge is 2.35. The third kappa shape index (κ3) is 3.45. The van der Waals surface area contributed by atoms with Crippen LogP contribution in [0.25, 0.3) is 0 Å². The van der Waals surface area contributed by atoms with E-state index < -0.39 is 0 Å². The Morgan fingerprint density at radius 2 is 2.12 bits per heavy atom. The standard InChI is InChI=1S/C13H18N2O.ClH/c1-13(7-8-14-10-13)12(16)15-9-11-5-3-2-4-6-11;/h2-6,14H,7-10H2,1H3,(H,15,16);1H. The minimum atomic E-state index is -0.227. The first-order valence-electron chi connectivity index (χ1n) is 5.74. The molecule has 1 aliphatic rings. The molecule has 1 aromatic rings. The van der Waals surface area contributed by atoms with Crippen molar-refractivity contribution >= 4 is 18.3 Å². The van der Waals surface area contributed by atoms with E-state index in [1.165, 1.54) is 0 Å². The van der Waals surface area contributed by atoms with E-state index in [2.05, 4.69) is 10.6 Å². The Bertz CT molecular complexity index is 361. The maximum absolute atomic E-state index is 12.0. The monoisotopic (exact) mass is 254 g/mol. The highest BCUT2D eigenvalue weighted by atomic mass is 35.5. The molecule has 1 aromatic carbocycles.